The quantitative estimate of drug-likeness (QED) is 0.906. The largest absolute Gasteiger partial charge is 0.489 e. The summed E-state index contributed by atoms with van der Waals surface area (Å²) in [5, 5.41) is 4.50. The number of nitrogens with zero attached hydrogens (tertiary/aromatic N) is 1. The van der Waals surface area contributed by atoms with Gasteiger partial charge >= 0.3 is 0 Å². The summed E-state index contributed by atoms with van der Waals surface area (Å²) in [6, 6.07) is 6.20. The molecule has 1 N–H and O–H groups in total. The number of rotatable bonds is 3. The molecule has 3 rings (SSSR count). The lowest BCUT2D eigenvalue weighted by atomic mass is 10.3. The van der Waals surface area contributed by atoms with Crippen LogP contribution >= 0.6 is 11.3 Å². The molecule has 1 aromatic heterocycles. The Labute approximate surface area is 105 Å². The monoisotopic (exact) mass is 248 g/mol. The molecule has 2 heterocycles. The molecule has 0 bridgehead atoms. The van der Waals surface area contributed by atoms with Gasteiger partial charge in [0, 0.05) is 6.54 Å². The van der Waals surface area contributed by atoms with Crippen LogP contribution in [0, 0.1) is 0 Å². The van der Waals surface area contributed by atoms with Gasteiger partial charge in [-0.25, -0.2) is 4.98 Å². The molecular formula is C13H16N2OS. The summed E-state index contributed by atoms with van der Waals surface area (Å²) < 4.78 is 7.17. The minimum absolute atomic E-state index is 0.325. The zero-order valence-electron chi connectivity index (χ0n) is 9.90. The number of hydrogen-bond acceptors (Lipinski definition) is 4. The number of thiazole rings is 1. The summed E-state index contributed by atoms with van der Waals surface area (Å²) in [5.74, 6) is 0.970. The summed E-state index contributed by atoms with van der Waals surface area (Å²) in [5.41, 5.74) is 1.09. The molecule has 1 saturated heterocycles. The van der Waals surface area contributed by atoms with E-state index >= 15 is 0 Å². The third-order valence-electron chi connectivity index (χ3n) is 3.02. The van der Waals surface area contributed by atoms with E-state index in [9.17, 15) is 0 Å². The van der Waals surface area contributed by atoms with Gasteiger partial charge < -0.3 is 10.1 Å². The fourth-order valence-electron chi connectivity index (χ4n) is 2.10. The predicted octanol–water partition coefficient (Wildman–Crippen LogP) is 2.60. The SMILES string of the molecule is CCc1nc2ccc(OC3CCNC3)cc2s1. The Morgan fingerprint density at radius 3 is 3.24 bits per heavy atom. The van der Waals surface area contributed by atoms with Gasteiger partial charge in [0.25, 0.3) is 0 Å². The molecule has 3 nitrogen and oxygen atoms in total. The summed E-state index contributed by atoms with van der Waals surface area (Å²) in [4.78, 5) is 4.55. The van der Waals surface area contributed by atoms with Crippen LogP contribution in [0.15, 0.2) is 18.2 Å². The lowest BCUT2D eigenvalue weighted by Gasteiger charge is -2.11. The predicted molar refractivity (Wildman–Crippen MR) is 70.9 cm³/mol. The second-order valence-corrected chi connectivity index (χ2v) is 5.44. The molecule has 4 heteroatoms. The number of nitrogens with one attached hydrogen (secondary N) is 1. The van der Waals surface area contributed by atoms with Gasteiger partial charge in [-0.05, 0) is 37.6 Å². The van der Waals surface area contributed by atoms with E-state index in [2.05, 4.69) is 29.4 Å². The van der Waals surface area contributed by atoms with Crippen molar-refractivity contribution in [2.24, 2.45) is 0 Å². The van der Waals surface area contributed by atoms with Gasteiger partial charge in [-0.1, -0.05) is 6.92 Å². The van der Waals surface area contributed by atoms with Gasteiger partial charge in [0.1, 0.15) is 11.9 Å². The summed E-state index contributed by atoms with van der Waals surface area (Å²) in [6.07, 6.45) is 2.43. The van der Waals surface area contributed by atoms with E-state index in [0.717, 1.165) is 37.2 Å². The molecule has 90 valence electrons. The van der Waals surface area contributed by atoms with Gasteiger partial charge in [0.2, 0.25) is 0 Å². The number of benzene rings is 1. The zero-order chi connectivity index (χ0) is 11.7. The first-order chi connectivity index (χ1) is 8.35. The topological polar surface area (TPSA) is 34.1 Å². The van der Waals surface area contributed by atoms with Crippen LogP contribution in [-0.2, 0) is 6.42 Å². The highest BCUT2D eigenvalue weighted by atomic mass is 32.1. The fourth-order valence-corrected chi connectivity index (χ4v) is 3.03. The van der Waals surface area contributed by atoms with Crippen LogP contribution in [0.3, 0.4) is 0 Å². The van der Waals surface area contributed by atoms with E-state index in [1.807, 2.05) is 6.07 Å². The van der Waals surface area contributed by atoms with Crippen LogP contribution in [0.25, 0.3) is 10.2 Å². The van der Waals surface area contributed by atoms with Crippen molar-refractivity contribution in [3.8, 4) is 5.75 Å². The molecular weight excluding hydrogens is 232 g/mol. The molecule has 1 unspecified atom stereocenters. The maximum atomic E-state index is 5.94. The Hall–Kier alpha value is -1.13. The van der Waals surface area contributed by atoms with Crippen LogP contribution in [0.4, 0.5) is 0 Å². The van der Waals surface area contributed by atoms with Crippen molar-refractivity contribution in [2.45, 2.75) is 25.9 Å². The normalized spacial score (nSPS) is 19.9. The molecule has 0 spiro atoms. The number of fused-ring (bicyclic) bond motifs is 1. The highest BCUT2D eigenvalue weighted by Gasteiger charge is 2.16. The maximum absolute atomic E-state index is 5.94. The van der Waals surface area contributed by atoms with Crippen LogP contribution in [0.5, 0.6) is 5.75 Å². The van der Waals surface area contributed by atoms with E-state index in [4.69, 9.17) is 4.74 Å². The Bertz CT molecular complexity index is 517. The molecule has 0 radical (unpaired) electrons. The third-order valence-corrected chi connectivity index (χ3v) is 4.19. The first-order valence-electron chi connectivity index (χ1n) is 6.12. The molecule has 0 aliphatic carbocycles. The molecule has 1 atom stereocenters. The minimum atomic E-state index is 0.325. The molecule has 1 aliphatic heterocycles. The lowest BCUT2D eigenvalue weighted by Crippen LogP contribution is -2.19. The first-order valence-corrected chi connectivity index (χ1v) is 6.93. The van der Waals surface area contributed by atoms with Crippen molar-refractivity contribution in [3.63, 3.8) is 0 Å². The lowest BCUT2D eigenvalue weighted by molar-refractivity contribution is 0.223. The van der Waals surface area contributed by atoms with Crippen LogP contribution in [0.1, 0.15) is 18.4 Å². The van der Waals surface area contributed by atoms with E-state index in [-0.39, 0.29) is 0 Å². The summed E-state index contributed by atoms with van der Waals surface area (Å²) in [7, 11) is 0. The second kappa shape index (κ2) is 4.63. The Balaban J connectivity index is 1.84. The van der Waals surface area contributed by atoms with Crippen molar-refractivity contribution >= 4 is 21.6 Å². The Morgan fingerprint density at radius 1 is 1.53 bits per heavy atom. The summed E-state index contributed by atoms with van der Waals surface area (Å²) in [6.45, 7) is 4.16. The average Bonchev–Trinajstić information content (AvgIpc) is 2.96. The number of ether oxygens (including phenoxy) is 1. The molecule has 0 amide bonds. The van der Waals surface area contributed by atoms with E-state index in [1.54, 1.807) is 11.3 Å². The number of aromatic nitrogens is 1. The zero-order valence-corrected chi connectivity index (χ0v) is 10.7. The molecule has 2 aromatic rings. The van der Waals surface area contributed by atoms with Crippen molar-refractivity contribution in [1.29, 1.82) is 0 Å². The van der Waals surface area contributed by atoms with Gasteiger partial charge in [-0.15, -0.1) is 11.3 Å². The van der Waals surface area contributed by atoms with Gasteiger partial charge in [-0.2, -0.15) is 0 Å². The number of hydrogen-bond donors (Lipinski definition) is 1. The molecule has 1 aliphatic rings. The van der Waals surface area contributed by atoms with E-state index in [1.165, 1.54) is 9.71 Å². The Morgan fingerprint density at radius 2 is 2.47 bits per heavy atom. The van der Waals surface area contributed by atoms with Gasteiger partial charge in [0.05, 0.1) is 15.2 Å². The van der Waals surface area contributed by atoms with Gasteiger partial charge in [0.15, 0.2) is 0 Å². The second-order valence-electron chi connectivity index (χ2n) is 4.32. The molecule has 1 fully saturated rings. The van der Waals surface area contributed by atoms with Crippen molar-refractivity contribution in [3.05, 3.63) is 23.2 Å². The minimum Gasteiger partial charge on any atom is -0.489 e. The number of aryl methyl sites for hydroxylation is 1. The molecule has 1 aromatic carbocycles. The van der Waals surface area contributed by atoms with Crippen molar-refractivity contribution in [1.82, 2.24) is 10.3 Å². The van der Waals surface area contributed by atoms with Crippen LogP contribution in [-0.4, -0.2) is 24.2 Å². The fraction of sp³-hybridized carbons (Fsp3) is 0.462. The van der Waals surface area contributed by atoms with Gasteiger partial charge in [-0.3, -0.25) is 0 Å². The first kappa shape index (κ1) is 11.0. The van der Waals surface area contributed by atoms with E-state index in [0.29, 0.717) is 6.10 Å². The third kappa shape index (κ3) is 2.28. The van der Waals surface area contributed by atoms with Crippen molar-refractivity contribution in [2.75, 3.05) is 13.1 Å². The Kier molecular flexibility index (Phi) is 2.99. The molecule has 0 saturated carbocycles. The van der Waals surface area contributed by atoms with E-state index < -0.39 is 0 Å². The smallest absolute Gasteiger partial charge is 0.121 e. The standard InChI is InChI=1S/C13H16N2OS/c1-2-13-15-11-4-3-9(7-12(11)17-13)16-10-5-6-14-8-10/h3-4,7,10,14H,2,5-6,8H2,1H3. The molecule has 17 heavy (non-hydrogen) atoms. The van der Waals surface area contributed by atoms with Crippen LogP contribution < -0.4 is 10.1 Å². The maximum Gasteiger partial charge on any atom is 0.121 e. The summed E-state index contributed by atoms with van der Waals surface area (Å²) >= 11 is 1.76. The highest BCUT2D eigenvalue weighted by molar-refractivity contribution is 7.18. The van der Waals surface area contributed by atoms with Crippen LogP contribution in [0.2, 0.25) is 0 Å². The average molecular weight is 248 g/mol. The van der Waals surface area contributed by atoms with Crippen molar-refractivity contribution < 1.29 is 4.74 Å². The highest BCUT2D eigenvalue weighted by Crippen LogP contribution is 2.27.